The molecule has 114 valence electrons. The minimum absolute atomic E-state index is 0.409. The molecular weight excluding hydrogens is 246 g/mol. The summed E-state index contributed by atoms with van der Waals surface area (Å²) in [4.78, 5) is 0. The van der Waals surface area contributed by atoms with Crippen LogP contribution in [0.15, 0.2) is 0 Å². The Labute approximate surface area is 124 Å². The van der Waals surface area contributed by atoms with Crippen molar-refractivity contribution in [1.82, 2.24) is 15.1 Å². The molecule has 1 aromatic rings. The lowest BCUT2D eigenvalue weighted by atomic mass is 9.81. The minimum Gasteiger partial charge on any atom is -0.310 e. The molecular formula is C17H31N3. The maximum Gasteiger partial charge on any atom is 0.0644 e. The first-order chi connectivity index (χ1) is 9.49. The van der Waals surface area contributed by atoms with Crippen molar-refractivity contribution in [2.45, 2.75) is 65.8 Å². The molecule has 0 aliphatic heterocycles. The third kappa shape index (κ3) is 3.63. The molecule has 1 aliphatic rings. The SMILES string of the molecule is Cc1nn(C)c(C)c1C(C)NCCC1CCC(C)CC1. The molecule has 1 atom stereocenters. The maximum absolute atomic E-state index is 4.51. The summed E-state index contributed by atoms with van der Waals surface area (Å²) in [6.07, 6.45) is 7.06. The largest absolute Gasteiger partial charge is 0.310 e. The van der Waals surface area contributed by atoms with Gasteiger partial charge in [-0.15, -0.1) is 0 Å². The topological polar surface area (TPSA) is 29.9 Å². The summed E-state index contributed by atoms with van der Waals surface area (Å²) in [7, 11) is 2.03. The van der Waals surface area contributed by atoms with Gasteiger partial charge in [0.15, 0.2) is 0 Å². The van der Waals surface area contributed by atoms with Crippen molar-refractivity contribution in [3.63, 3.8) is 0 Å². The van der Waals surface area contributed by atoms with Crippen molar-refractivity contribution in [2.75, 3.05) is 6.54 Å². The number of hydrogen-bond acceptors (Lipinski definition) is 2. The van der Waals surface area contributed by atoms with Crippen molar-refractivity contribution in [3.05, 3.63) is 17.0 Å². The molecule has 0 aromatic carbocycles. The van der Waals surface area contributed by atoms with Crippen LogP contribution in [0.5, 0.6) is 0 Å². The monoisotopic (exact) mass is 277 g/mol. The molecule has 0 bridgehead atoms. The predicted octanol–water partition coefficient (Wildman–Crippen LogP) is 3.90. The summed E-state index contributed by atoms with van der Waals surface area (Å²) in [6.45, 7) is 10.1. The van der Waals surface area contributed by atoms with E-state index in [1.54, 1.807) is 0 Å². The summed E-state index contributed by atoms with van der Waals surface area (Å²) in [5.41, 5.74) is 3.83. The fourth-order valence-electron chi connectivity index (χ4n) is 3.64. The van der Waals surface area contributed by atoms with Gasteiger partial charge < -0.3 is 5.32 Å². The van der Waals surface area contributed by atoms with Crippen LogP contribution >= 0.6 is 0 Å². The number of aryl methyl sites for hydroxylation is 2. The van der Waals surface area contributed by atoms with Gasteiger partial charge in [0.2, 0.25) is 0 Å². The number of nitrogens with one attached hydrogen (secondary N) is 1. The van der Waals surface area contributed by atoms with E-state index in [2.05, 4.69) is 38.1 Å². The zero-order chi connectivity index (χ0) is 14.7. The Morgan fingerprint density at radius 3 is 2.45 bits per heavy atom. The molecule has 20 heavy (non-hydrogen) atoms. The van der Waals surface area contributed by atoms with Gasteiger partial charge in [-0.25, -0.2) is 0 Å². The number of rotatable bonds is 5. The first kappa shape index (κ1) is 15.6. The van der Waals surface area contributed by atoms with Gasteiger partial charge >= 0.3 is 0 Å². The Morgan fingerprint density at radius 1 is 1.25 bits per heavy atom. The number of aromatic nitrogens is 2. The van der Waals surface area contributed by atoms with Crippen LogP contribution in [0.3, 0.4) is 0 Å². The quantitative estimate of drug-likeness (QED) is 0.884. The molecule has 1 aliphatic carbocycles. The highest BCUT2D eigenvalue weighted by Crippen LogP contribution is 2.30. The molecule has 1 fully saturated rings. The van der Waals surface area contributed by atoms with Gasteiger partial charge in [0.25, 0.3) is 0 Å². The third-order valence-corrected chi connectivity index (χ3v) is 5.14. The fourth-order valence-corrected chi connectivity index (χ4v) is 3.64. The zero-order valence-electron chi connectivity index (χ0n) is 13.9. The van der Waals surface area contributed by atoms with Crippen LogP contribution in [-0.4, -0.2) is 16.3 Å². The predicted molar refractivity (Wildman–Crippen MR) is 84.8 cm³/mol. The van der Waals surface area contributed by atoms with E-state index in [1.165, 1.54) is 43.4 Å². The molecule has 1 aromatic heterocycles. The van der Waals surface area contributed by atoms with Gasteiger partial charge in [-0.1, -0.05) is 32.6 Å². The van der Waals surface area contributed by atoms with Crippen LogP contribution in [-0.2, 0) is 7.05 Å². The lowest BCUT2D eigenvalue weighted by Gasteiger charge is -2.26. The molecule has 1 heterocycles. The molecule has 3 nitrogen and oxygen atoms in total. The Bertz CT molecular complexity index is 428. The second kappa shape index (κ2) is 6.75. The van der Waals surface area contributed by atoms with Gasteiger partial charge in [-0.05, 0) is 45.6 Å². The second-order valence-electron chi connectivity index (χ2n) is 6.80. The average Bonchev–Trinajstić information content (AvgIpc) is 2.65. The van der Waals surface area contributed by atoms with Crippen LogP contribution < -0.4 is 5.32 Å². The molecule has 1 N–H and O–H groups in total. The van der Waals surface area contributed by atoms with Gasteiger partial charge in [0.1, 0.15) is 0 Å². The van der Waals surface area contributed by atoms with Gasteiger partial charge in [-0.2, -0.15) is 5.10 Å². The fraction of sp³-hybridized carbons (Fsp3) is 0.824. The summed E-state index contributed by atoms with van der Waals surface area (Å²) in [6, 6.07) is 0.409. The Morgan fingerprint density at radius 2 is 1.90 bits per heavy atom. The summed E-state index contributed by atoms with van der Waals surface area (Å²) in [5, 5.41) is 8.21. The van der Waals surface area contributed by atoms with Gasteiger partial charge in [0.05, 0.1) is 5.69 Å². The van der Waals surface area contributed by atoms with E-state index in [0.29, 0.717) is 6.04 Å². The van der Waals surface area contributed by atoms with E-state index >= 15 is 0 Å². The Hall–Kier alpha value is -0.830. The number of hydrogen-bond donors (Lipinski definition) is 1. The van der Waals surface area contributed by atoms with E-state index in [-0.39, 0.29) is 0 Å². The highest BCUT2D eigenvalue weighted by Gasteiger charge is 2.19. The van der Waals surface area contributed by atoms with Gasteiger partial charge in [-0.3, -0.25) is 4.68 Å². The van der Waals surface area contributed by atoms with E-state index in [0.717, 1.165) is 24.1 Å². The maximum atomic E-state index is 4.51. The number of nitrogens with zero attached hydrogens (tertiary/aromatic N) is 2. The highest BCUT2D eigenvalue weighted by molar-refractivity contribution is 5.27. The van der Waals surface area contributed by atoms with E-state index < -0.39 is 0 Å². The summed E-state index contributed by atoms with van der Waals surface area (Å²) < 4.78 is 1.99. The van der Waals surface area contributed by atoms with Crippen molar-refractivity contribution in [3.8, 4) is 0 Å². The van der Waals surface area contributed by atoms with Gasteiger partial charge in [0, 0.05) is 24.3 Å². The second-order valence-corrected chi connectivity index (χ2v) is 6.80. The molecule has 0 amide bonds. The molecule has 0 spiro atoms. The third-order valence-electron chi connectivity index (χ3n) is 5.14. The molecule has 0 radical (unpaired) electrons. The lowest BCUT2D eigenvalue weighted by Crippen LogP contribution is -2.24. The van der Waals surface area contributed by atoms with Crippen LogP contribution in [0.1, 0.15) is 68.9 Å². The smallest absolute Gasteiger partial charge is 0.0644 e. The first-order valence-electron chi connectivity index (χ1n) is 8.22. The Balaban J connectivity index is 1.79. The van der Waals surface area contributed by atoms with Crippen LogP contribution in [0.2, 0.25) is 0 Å². The van der Waals surface area contributed by atoms with Crippen LogP contribution in [0.4, 0.5) is 0 Å². The molecule has 1 saturated carbocycles. The summed E-state index contributed by atoms with van der Waals surface area (Å²) >= 11 is 0. The zero-order valence-corrected chi connectivity index (χ0v) is 13.9. The molecule has 2 rings (SSSR count). The van der Waals surface area contributed by atoms with Crippen molar-refractivity contribution in [2.24, 2.45) is 18.9 Å². The van der Waals surface area contributed by atoms with Crippen molar-refractivity contribution >= 4 is 0 Å². The lowest BCUT2D eigenvalue weighted by molar-refractivity contribution is 0.273. The average molecular weight is 277 g/mol. The normalized spacial score (nSPS) is 24.9. The Kier molecular flexibility index (Phi) is 5.25. The first-order valence-corrected chi connectivity index (χ1v) is 8.22. The van der Waals surface area contributed by atoms with E-state index in [1.807, 2.05) is 11.7 Å². The minimum atomic E-state index is 0.409. The molecule has 1 unspecified atom stereocenters. The summed E-state index contributed by atoms with van der Waals surface area (Å²) in [5.74, 6) is 1.90. The van der Waals surface area contributed by atoms with Crippen molar-refractivity contribution in [1.29, 1.82) is 0 Å². The van der Waals surface area contributed by atoms with E-state index in [4.69, 9.17) is 0 Å². The molecule has 3 heteroatoms. The van der Waals surface area contributed by atoms with E-state index in [9.17, 15) is 0 Å². The molecule has 0 saturated heterocycles. The van der Waals surface area contributed by atoms with Crippen LogP contribution in [0.25, 0.3) is 0 Å². The standard InChI is InChI=1S/C17H31N3/c1-12-6-8-16(9-7-12)10-11-18-13(2)17-14(3)19-20(5)15(17)4/h12-13,16,18H,6-11H2,1-5H3. The highest BCUT2D eigenvalue weighted by atomic mass is 15.3. The van der Waals surface area contributed by atoms with Crippen molar-refractivity contribution < 1.29 is 0 Å². The van der Waals surface area contributed by atoms with Crippen LogP contribution in [0, 0.1) is 25.7 Å².